The highest BCUT2D eigenvalue weighted by Gasteiger charge is 2.09. The average molecular weight is 267 g/mol. The number of benzene rings is 1. The highest BCUT2D eigenvalue weighted by Crippen LogP contribution is 2.25. The number of hydrogen-bond donors (Lipinski definition) is 3. The molecule has 20 heavy (non-hydrogen) atoms. The second-order valence-corrected chi connectivity index (χ2v) is 4.47. The summed E-state index contributed by atoms with van der Waals surface area (Å²) in [5, 5.41) is 11.2. The number of aryl methyl sites for hydroxylation is 1. The van der Waals surface area contributed by atoms with Crippen LogP contribution in [0, 0.1) is 6.92 Å². The van der Waals surface area contributed by atoms with Crippen LogP contribution in [0.15, 0.2) is 36.5 Å². The van der Waals surface area contributed by atoms with E-state index < -0.39 is 5.91 Å². The lowest BCUT2D eigenvalue weighted by molar-refractivity contribution is 0.100. The number of rotatable bonds is 3. The topological polar surface area (TPSA) is 96.7 Å². The molecule has 0 bridgehead atoms. The molecule has 0 aliphatic carbocycles. The van der Waals surface area contributed by atoms with E-state index in [0.29, 0.717) is 11.4 Å². The fourth-order valence-corrected chi connectivity index (χ4v) is 2.10. The number of fused-ring (bicyclic) bond motifs is 1. The number of H-pyrrole nitrogens is 1. The summed E-state index contributed by atoms with van der Waals surface area (Å²) in [6.45, 7) is 1.93. The highest BCUT2D eigenvalue weighted by molar-refractivity contribution is 5.95. The lowest BCUT2D eigenvalue weighted by Gasteiger charge is -2.07. The van der Waals surface area contributed by atoms with Crippen molar-refractivity contribution in [3.63, 3.8) is 0 Å². The molecule has 1 amide bonds. The Morgan fingerprint density at radius 3 is 3.00 bits per heavy atom. The summed E-state index contributed by atoms with van der Waals surface area (Å²) in [6.07, 6.45) is 1.68. The smallest absolute Gasteiger partial charge is 0.248 e. The van der Waals surface area contributed by atoms with Crippen molar-refractivity contribution in [3.8, 4) is 0 Å². The molecule has 0 radical (unpaired) electrons. The summed E-state index contributed by atoms with van der Waals surface area (Å²) in [7, 11) is 0. The van der Waals surface area contributed by atoms with Crippen LogP contribution in [0.4, 0.5) is 11.5 Å². The fraction of sp³-hybridized carbons (Fsp3) is 0.0714. The van der Waals surface area contributed by atoms with Crippen molar-refractivity contribution in [1.82, 2.24) is 15.2 Å². The van der Waals surface area contributed by atoms with Crippen molar-refractivity contribution >= 4 is 28.3 Å². The van der Waals surface area contributed by atoms with Crippen molar-refractivity contribution in [2.24, 2.45) is 5.73 Å². The lowest BCUT2D eigenvalue weighted by Crippen LogP contribution is -2.10. The van der Waals surface area contributed by atoms with Crippen LogP contribution < -0.4 is 11.1 Å². The fourth-order valence-electron chi connectivity index (χ4n) is 2.10. The summed E-state index contributed by atoms with van der Waals surface area (Å²) in [6, 6.07) is 8.82. The maximum absolute atomic E-state index is 11.2. The van der Waals surface area contributed by atoms with Crippen molar-refractivity contribution in [2.45, 2.75) is 6.92 Å². The maximum atomic E-state index is 11.2. The zero-order valence-corrected chi connectivity index (χ0v) is 10.8. The van der Waals surface area contributed by atoms with E-state index in [4.69, 9.17) is 5.73 Å². The Hall–Kier alpha value is -2.89. The van der Waals surface area contributed by atoms with E-state index >= 15 is 0 Å². The maximum Gasteiger partial charge on any atom is 0.248 e. The number of aromatic amines is 1. The van der Waals surface area contributed by atoms with Gasteiger partial charge >= 0.3 is 0 Å². The normalized spacial score (nSPS) is 10.7. The molecule has 0 spiro atoms. The van der Waals surface area contributed by atoms with E-state index in [0.717, 1.165) is 22.3 Å². The average Bonchev–Trinajstić information content (AvgIpc) is 2.82. The number of nitrogens with two attached hydrogens (primary N) is 1. The minimum absolute atomic E-state index is 0.450. The van der Waals surface area contributed by atoms with E-state index in [1.165, 1.54) is 0 Å². The van der Waals surface area contributed by atoms with Gasteiger partial charge in [0.2, 0.25) is 5.91 Å². The summed E-state index contributed by atoms with van der Waals surface area (Å²) >= 11 is 0. The monoisotopic (exact) mass is 267 g/mol. The van der Waals surface area contributed by atoms with E-state index in [-0.39, 0.29) is 0 Å². The molecule has 100 valence electrons. The molecule has 0 saturated carbocycles. The Morgan fingerprint density at radius 1 is 1.35 bits per heavy atom. The van der Waals surface area contributed by atoms with E-state index in [2.05, 4.69) is 20.5 Å². The van der Waals surface area contributed by atoms with Gasteiger partial charge in [0.05, 0.1) is 10.9 Å². The standard InChI is InChI=1S/C14H13N5O/c1-8-12-11(19-18-8)5-6-16-14(12)17-10-4-2-3-9(7-10)13(15)20/h2-7H,1H3,(H2,15,20)(H,16,17)(H,18,19). The summed E-state index contributed by atoms with van der Waals surface area (Å²) in [4.78, 5) is 15.5. The Morgan fingerprint density at radius 2 is 2.20 bits per heavy atom. The van der Waals surface area contributed by atoms with Crippen molar-refractivity contribution in [3.05, 3.63) is 47.8 Å². The SMILES string of the molecule is Cc1[nH]nc2ccnc(Nc3cccc(C(N)=O)c3)c12. The lowest BCUT2D eigenvalue weighted by atomic mass is 10.2. The molecule has 0 aliphatic rings. The second-order valence-electron chi connectivity index (χ2n) is 4.47. The molecule has 4 N–H and O–H groups in total. The number of hydrogen-bond acceptors (Lipinski definition) is 4. The van der Waals surface area contributed by atoms with Crippen molar-refractivity contribution in [2.75, 3.05) is 5.32 Å². The van der Waals surface area contributed by atoms with Gasteiger partial charge in [0, 0.05) is 23.1 Å². The van der Waals surface area contributed by atoms with Crippen LogP contribution in [0.3, 0.4) is 0 Å². The molecule has 6 heteroatoms. The first-order valence-corrected chi connectivity index (χ1v) is 6.12. The van der Waals surface area contributed by atoms with Crippen molar-refractivity contribution < 1.29 is 4.79 Å². The summed E-state index contributed by atoms with van der Waals surface area (Å²) in [5.74, 6) is 0.231. The number of aromatic nitrogens is 3. The largest absolute Gasteiger partial charge is 0.366 e. The van der Waals surface area contributed by atoms with Crippen molar-refractivity contribution in [1.29, 1.82) is 0 Å². The minimum atomic E-state index is -0.459. The van der Waals surface area contributed by atoms with E-state index in [9.17, 15) is 4.79 Å². The Labute approximate surface area is 115 Å². The van der Waals surface area contributed by atoms with Gasteiger partial charge < -0.3 is 11.1 Å². The molecule has 6 nitrogen and oxygen atoms in total. The van der Waals surface area contributed by atoms with Crippen LogP contribution in [0.25, 0.3) is 10.9 Å². The molecule has 0 fully saturated rings. The number of anilines is 2. The molecule has 2 aromatic heterocycles. The van der Waals surface area contributed by atoms with Crippen LogP contribution in [-0.2, 0) is 0 Å². The molecule has 2 heterocycles. The number of carbonyl (C=O) groups is 1. The molecule has 3 aromatic rings. The van der Waals surface area contributed by atoms with Gasteiger partial charge in [-0.2, -0.15) is 5.10 Å². The molecule has 0 aliphatic heterocycles. The van der Waals surface area contributed by atoms with Gasteiger partial charge in [0.15, 0.2) is 0 Å². The summed E-state index contributed by atoms with van der Waals surface area (Å²) in [5.41, 5.74) is 8.25. The van der Waals surface area contributed by atoms with Gasteiger partial charge in [-0.3, -0.25) is 9.89 Å². The molecule has 0 unspecified atom stereocenters. The minimum Gasteiger partial charge on any atom is -0.366 e. The number of amides is 1. The molecule has 3 rings (SSSR count). The molecule has 1 aromatic carbocycles. The van der Waals surface area contributed by atoms with Crippen LogP contribution in [0.1, 0.15) is 16.1 Å². The van der Waals surface area contributed by atoms with Gasteiger partial charge in [-0.15, -0.1) is 0 Å². The zero-order valence-electron chi connectivity index (χ0n) is 10.8. The predicted molar refractivity (Wildman–Crippen MR) is 76.9 cm³/mol. The first-order chi connectivity index (χ1) is 9.65. The number of pyridine rings is 1. The Balaban J connectivity index is 2.03. The third-order valence-electron chi connectivity index (χ3n) is 3.06. The number of nitrogens with one attached hydrogen (secondary N) is 2. The molecule has 0 atom stereocenters. The van der Waals surface area contributed by atoms with Crippen LogP contribution in [0.5, 0.6) is 0 Å². The van der Waals surface area contributed by atoms with Crippen LogP contribution >= 0.6 is 0 Å². The quantitative estimate of drug-likeness (QED) is 0.677. The van der Waals surface area contributed by atoms with E-state index in [1.807, 2.05) is 19.1 Å². The Bertz CT molecular complexity index is 793. The third-order valence-corrected chi connectivity index (χ3v) is 3.06. The first kappa shape index (κ1) is 12.2. The third kappa shape index (κ3) is 2.07. The zero-order chi connectivity index (χ0) is 14.1. The van der Waals surface area contributed by atoms with Crippen LogP contribution in [0.2, 0.25) is 0 Å². The first-order valence-electron chi connectivity index (χ1n) is 6.12. The van der Waals surface area contributed by atoms with Gasteiger partial charge in [0.25, 0.3) is 0 Å². The molecular formula is C14H13N5O. The molecular weight excluding hydrogens is 254 g/mol. The predicted octanol–water partition coefficient (Wildman–Crippen LogP) is 2.11. The van der Waals surface area contributed by atoms with Crippen LogP contribution in [-0.4, -0.2) is 21.1 Å². The van der Waals surface area contributed by atoms with E-state index in [1.54, 1.807) is 24.4 Å². The number of primary amides is 1. The number of nitrogens with zero attached hydrogens (tertiary/aromatic N) is 2. The second kappa shape index (κ2) is 4.65. The van der Waals surface area contributed by atoms with Gasteiger partial charge in [-0.25, -0.2) is 4.98 Å². The van der Waals surface area contributed by atoms with Gasteiger partial charge in [-0.05, 0) is 31.2 Å². The molecule has 0 saturated heterocycles. The Kier molecular flexibility index (Phi) is 2.83. The highest BCUT2D eigenvalue weighted by atomic mass is 16.1. The van der Waals surface area contributed by atoms with Gasteiger partial charge in [-0.1, -0.05) is 6.07 Å². The summed E-state index contributed by atoms with van der Waals surface area (Å²) < 4.78 is 0. The number of carbonyl (C=O) groups excluding carboxylic acids is 1. The van der Waals surface area contributed by atoms with Gasteiger partial charge in [0.1, 0.15) is 5.82 Å².